The van der Waals surface area contributed by atoms with E-state index in [2.05, 4.69) is 20.7 Å². The molecule has 1 atom stereocenters. The van der Waals surface area contributed by atoms with Crippen molar-refractivity contribution < 1.29 is 22.7 Å². The number of ether oxygens (including phenoxy) is 2. The standard InChI is InChI=1S/C19H19BrN2O5S/c1-11-7-13-8-14(20)9-18(19(13)22(11)12(2)23)28(24,25)21-15-3-4-16-17(10-15)27-6-5-26-16/h3-4,8-11,21H,5-7H2,1-2H3. The molecule has 0 bridgehead atoms. The van der Waals surface area contributed by atoms with E-state index >= 15 is 0 Å². The number of fused-ring (bicyclic) bond motifs is 2. The summed E-state index contributed by atoms with van der Waals surface area (Å²) in [6.07, 6.45) is 0.598. The number of carbonyl (C=O) groups excluding carboxylic acids is 1. The van der Waals surface area contributed by atoms with Crippen LogP contribution in [0.5, 0.6) is 11.5 Å². The molecule has 0 saturated carbocycles. The van der Waals surface area contributed by atoms with Crippen molar-refractivity contribution in [1.82, 2.24) is 0 Å². The van der Waals surface area contributed by atoms with Crippen LogP contribution in [0.4, 0.5) is 11.4 Å². The van der Waals surface area contributed by atoms with Crippen molar-refractivity contribution in [1.29, 1.82) is 0 Å². The van der Waals surface area contributed by atoms with Gasteiger partial charge in [0, 0.05) is 23.5 Å². The molecule has 0 fully saturated rings. The zero-order valence-corrected chi connectivity index (χ0v) is 17.8. The first-order chi connectivity index (χ1) is 13.3. The fourth-order valence-electron chi connectivity index (χ4n) is 3.68. The number of sulfonamides is 1. The Labute approximate surface area is 171 Å². The summed E-state index contributed by atoms with van der Waals surface area (Å²) in [7, 11) is -3.95. The zero-order valence-electron chi connectivity index (χ0n) is 15.4. The van der Waals surface area contributed by atoms with Gasteiger partial charge in [-0.05, 0) is 43.2 Å². The molecule has 148 valence electrons. The van der Waals surface area contributed by atoms with E-state index in [-0.39, 0.29) is 16.8 Å². The molecule has 4 rings (SSSR count). The molecular weight excluding hydrogens is 448 g/mol. The maximum Gasteiger partial charge on any atom is 0.264 e. The average Bonchev–Trinajstić information content (AvgIpc) is 2.96. The summed E-state index contributed by atoms with van der Waals surface area (Å²) in [5.74, 6) is 0.878. The quantitative estimate of drug-likeness (QED) is 0.749. The Bertz CT molecular complexity index is 1070. The maximum absolute atomic E-state index is 13.2. The number of rotatable bonds is 3. The summed E-state index contributed by atoms with van der Waals surface area (Å²) in [6, 6.07) is 8.15. The van der Waals surface area contributed by atoms with Gasteiger partial charge in [0.1, 0.15) is 18.1 Å². The summed E-state index contributed by atoms with van der Waals surface area (Å²) in [5.41, 5.74) is 1.62. The molecule has 28 heavy (non-hydrogen) atoms. The summed E-state index contributed by atoms with van der Waals surface area (Å²) < 4.78 is 40.7. The second kappa shape index (κ2) is 6.97. The molecule has 1 amide bonds. The van der Waals surface area contributed by atoms with Crippen LogP contribution in [-0.2, 0) is 21.2 Å². The van der Waals surface area contributed by atoms with Crippen LogP contribution in [0.15, 0.2) is 39.7 Å². The first-order valence-corrected chi connectivity index (χ1v) is 11.1. The predicted octanol–water partition coefficient (Wildman–Crippen LogP) is 3.32. The Balaban J connectivity index is 1.76. The number of amides is 1. The van der Waals surface area contributed by atoms with E-state index in [1.807, 2.05) is 13.0 Å². The SMILES string of the molecule is CC(=O)N1c2c(cc(Br)cc2S(=O)(=O)Nc2ccc3c(c2)OCCO3)CC1C. The smallest absolute Gasteiger partial charge is 0.264 e. The predicted molar refractivity (Wildman–Crippen MR) is 109 cm³/mol. The second-order valence-corrected chi connectivity index (χ2v) is 9.38. The first kappa shape index (κ1) is 19.1. The van der Waals surface area contributed by atoms with Crippen LogP contribution in [0.3, 0.4) is 0 Å². The van der Waals surface area contributed by atoms with Gasteiger partial charge in [-0.3, -0.25) is 9.52 Å². The molecule has 2 aromatic rings. The number of hydrogen-bond acceptors (Lipinski definition) is 5. The van der Waals surface area contributed by atoms with E-state index in [1.165, 1.54) is 13.0 Å². The molecule has 1 unspecified atom stereocenters. The number of anilines is 2. The highest BCUT2D eigenvalue weighted by molar-refractivity contribution is 9.10. The molecule has 2 aliphatic heterocycles. The Morgan fingerprint density at radius 3 is 2.61 bits per heavy atom. The number of halogens is 1. The number of hydrogen-bond donors (Lipinski definition) is 1. The van der Waals surface area contributed by atoms with Crippen molar-refractivity contribution in [2.24, 2.45) is 0 Å². The van der Waals surface area contributed by atoms with E-state index in [9.17, 15) is 13.2 Å². The van der Waals surface area contributed by atoms with Crippen LogP contribution in [0, 0.1) is 0 Å². The van der Waals surface area contributed by atoms with Gasteiger partial charge in [0.05, 0.1) is 11.4 Å². The van der Waals surface area contributed by atoms with E-state index < -0.39 is 10.0 Å². The minimum atomic E-state index is -3.95. The second-order valence-electron chi connectivity index (χ2n) is 6.82. The minimum Gasteiger partial charge on any atom is -0.486 e. The lowest BCUT2D eigenvalue weighted by molar-refractivity contribution is -0.116. The highest BCUT2D eigenvalue weighted by Gasteiger charge is 2.35. The number of benzene rings is 2. The topological polar surface area (TPSA) is 84.9 Å². The van der Waals surface area contributed by atoms with E-state index in [1.54, 1.807) is 23.1 Å². The van der Waals surface area contributed by atoms with Gasteiger partial charge in [-0.2, -0.15) is 0 Å². The third-order valence-corrected chi connectivity index (χ3v) is 6.59. The molecular formula is C19H19BrN2O5S. The van der Waals surface area contributed by atoms with Gasteiger partial charge in [0.2, 0.25) is 5.91 Å². The third-order valence-electron chi connectivity index (χ3n) is 4.74. The molecule has 2 heterocycles. The Morgan fingerprint density at radius 2 is 1.89 bits per heavy atom. The van der Waals surface area contributed by atoms with Crippen LogP contribution >= 0.6 is 15.9 Å². The molecule has 0 aromatic heterocycles. The summed E-state index contributed by atoms with van der Waals surface area (Å²) >= 11 is 3.39. The normalized spacial score (nSPS) is 18.0. The van der Waals surface area contributed by atoms with Crippen LogP contribution in [0.1, 0.15) is 19.4 Å². The fourth-order valence-corrected chi connectivity index (χ4v) is 5.65. The van der Waals surface area contributed by atoms with Gasteiger partial charge in [0.25, 0.3) is 10.0 Å². The molecule has 9 heteroatoms. The van der Waals surface area contributed by atoms with Crippen LogP contribution in [-0.4, -0.2) is 33.6 Å². The maximum atomic E-state index is 13.2. The Kier molecular flexibility index (Phi) is 4.75. The van der Waals surface area contributed by atoms with E-state index in [0.717, 1.165) is 5.56 Å². The van der Waals surface area contributed by atoms with Crippen molar-refractivity contribution >= 4 is 43.2 Å². The largest absolute Gasteiger partial charge is 0.486 e. The summed E-state index contributed by atoms with van der Waals surface area (Å²) in [5, 5.41) is 0. The van der Waals surface area contributed by atoms with Crippen LogP contribution in [0.2, 0.25) is 0 Å². The van der Waals surface area contributed by atoms with Crippen molar-refractivity contribution in [3.63, 3.8) is 0 Å². The van der Waals surface area contributed by atoms with Crippen molar-refractivity contribution in [3.05, 3.63) is 40.4 Å². The molecule has 7 nitrogen and oxygen atoms in total. The van der Waals surface area contributed by atoms with Crippen molar-refractivity contribution in [3.8, 4) is 11.5 Å². The van der Waals surface area contributed by atoms with Crippen LogP contribution < -0.4 is 19.1 Å². The lowest BCUT2D eigenvalue weighted by Crippen LogP contribution is -2.34. The van der Waals surface area contributed by atoms with E-state index in [4.69, 9.17) is 9.47 Å². The van der Waals surface area contributed by atoms with Gasteiger partial charge in [-0.1, -0.05) is 15.9 Å². The summed E-state index contributed by atoms with van der Waals surface area (Å²) in [6.45, 7) is 4.22. The molecule has 0 spiro atoms. The molecule has 0 saturated heterocycles. The number of nitrogens with zero attached hydrogens (tertiary/aromatic N) is 1. The van der Waals surface area contributed by atoms with Crippen LogP contribution in [0.25, 0.3) is 0 Å². The molecule has 2 aromatic carbocycles. The minimum absolute atomic E-state index is 0.0614. The summed E-state index contributed by atoms with van der Waals surface area (Å²) in [4.78, 5) is 13.8. The highest BCUT2D eigenvalue weighted by atomic mass is 79.9. The molecule has 2 aliphatic rings. The fraction of sp³-hybridized carbons (Fsp3) is 0.316. The van der Waals surface area contributed by atoms with Gasteiger partial charge in [0.15, 0.2) is 11.5 Å². The average molecular weight is 467 g/mol. The Hall–Kier alpha value is -2.26. The number of nitrogens with one attached hydrogen (secondary N) is 1. The molecule has 1 N–H and O–H groups in total. The molecule has 0 radical (unpaired) electrons. The lowest BCUT2D eigenvalue weighted by atomic mass is 10.1. The molecule has 0 aliphatic carbocycles. The zero-order chi connectivity index (χ0) is 20.1. The lowest BCUT2D eigenvalue weighted by Gasteiger charge is -2.23. The van der Waals surface area contributed by atoms with Gasteiger partial charge >= 0.3 is 0 Å². The number of carbonyl (C=O) groups is 1. The van der Waals surface area contributed by atoms with E-state index in [0.29, 0.717) is 47.0 Å². The van der Waals surface area contributed by atoms with Gasteiger partial charge in [-0.25, -0.2) is 8.42 Å². The first-order valence-electron chi connectivity index (χ1n) is 8.81. The van der Waals surface area contributed by atoms with Gasteiger partial charge < -0.3 is 14.4 Å². The van der Waals surface area contributed by atoms with Crippen molar-refractivity contribution in [2.75, 3.05) is 22.8 Å². The van der Waals surface area contributed by atoms with Gasteiger partial charge in [-0.15, -0.1) is 0 Å². The third kappa shape index (κ3) is 3.33. The Morgan fingerprint density at radius 1 is 1.18 bits per heavy atom. The monoisotopic (exact) mass is 466 g/mol. The van der Waals surface area contributed by atoms with Crippen molar-refractivity contribution in [2.45, 2.75) is 31.2 Å². The highest BCUT2D eigenvalue weighted by Crippen LogP contribution is 2.41.